The van der Waals surface area contributed by atoms with Crippen LogP contribution in [0.4, 0.5) is 11.4 Å². The van der Waals surface area contributed by atoms with Gasteiger partial charge in [0.2, 0.25) is 11.8 Å². The zero-order chi connectivity index (χ0) is 18.0. The maximum Gasteiger partial charge on any atom is 0.248 e. The standard InChI is InChI=1S/C18H25N5O2/c1-18(2,3)17-21-15(25-22-17)11-20-13-10-12(16(19)24)6-7-14(13)23-8-4-5-9-23/h6-7,10,20H,4-5,8-9,11H2,1-3H3,(H2,19,24). The van der Waals surface area contributed by atoms with Crippen molar-refractivity contribution in [2.24, 2.45) is 5.73 Å². The molecule has 7 nitrogen and oxygen atoms in total. The number of aromatic nitrogens is 2. The lowest BCUT2D eigenvalue weighted by Crippen LogP contribution is -2.20. The van der Waals surface area contributed by atoms with Crippen LogP contribution >= 0.6 is 0 Å². The van der Waals surface area contributed by atoms with Crippen molar-refractivity contribution in [2.45, 2.75) is 45.6 Å². The summed E-state index contributed by atoms with van der Waals surface area (Å²) >= 11 is 0. The number of nitrogens with one attached hydrogen (secondary N) is 1. The van der Waals surface area contributed by atoms with Gasteiger partial charge in [0.05, 0.1) is 17.9 Å². The fourth-order valence-electron chi connectivity index (χ4n) is 2.87. The quantitative estimate of drug-likeness (QED) is 0.866. The third-order valence-corrected chi connectivity index (χ3v) is 4.30. The fraction of sp³-hybridized carbons (Fsp3) is 0.500. The Morgan fingerprint density at radius 1 is 1.32 bits per heavy atom. The van der Waals surface area contributed by atoms with Crippen LogP contribution in [0.2, 0.25) is 0 Å². The van der Waals surface area contributed by atoms with Crippen molar-refractivity contribution in [1.82, 2.24) is 10.1 Å². The number of nitrogens with two attached hydrogens (primary N) is 1. The second kappa shape index (κ2) is 6.74. The minimum atomic E-state index is -0.441. The average molecular weight is 343 g/mol. The number of hydrogen-bond donors (Lipinski definition) is 2. The highest BCUT2D eigenvalue weighted by Gasteiger charge is 2.21. The van der Waals surface area contributed by atoms with Gasteiger partial charge in [-0.25, -0.2) is 0 Å². The SMILES string of the molecule is CC(C)(C)c1noc(CNc2cc(C(N)=O)ccc2N2CCCC2)n1. The zero-order valence-electron chi connectivity index (χ0n) is 15.0. The summed E-state index contributed by atoms with van der Waals surface area (Å²) < 4.78 is 5.33. The van der Waals surface area contributed by atoms with E-state index in [2.05, 4.69) is 20.4 Å². The van der Waals surface area contributed by atoms with E-state index in [9.17, 15) is 4.79 Å². The van der Waals surface area contributed by atoms with Crippen LogP contribution in [0.25, 0.3) is 0 Å². The number of nitrogens with zero attached hydrogens (tertiary/aromatic N) is 3. The minimum absolute atomic E-state index is 0.158. The third-order valence-electron chi connectivity index (χ3n) is 4.30. The molecule has 7 heteroatoms. The van der Waals surface area contributed by atoms with Gasteiger partial charge in [0, 0.05) is 24.1 Å². The monoisotopic (exact) mass is 343 g/mol. The number of rotatable bonds is 5. The van der Waals surface area contributed by atoms with E-state index in [4.69, 9.17) is 10.3 Å². The highest BCUT2D eigenvalue weighted by Crippen LogP contribution is 2.30. The van der Waals surface area contributed by atoms with Crippen LogP contribution in [0, 0.1) is 0 Å². The summed E-state index contributed by atoms with van der Waals surface area (Å²) in [5, 5.41) is 7.36. The van der Waals surface area contributed by atoms with Crippen molar-refractivity contribution in [3.05, 3.63) is 35.5 Å². The fourth-order valence-corrected chi connectivity index (χ4v) is 2.87. The molecule has 0 atom stereocenters. The molecule has 25 heavy (non-hydrogen) atoms. The first-order valence-corrected chi connectivity index (χ1v) is 8.60. The molecule has 1 aliphatic heterocycles. The number of hydrogen-bond acceptors (Lipinski definition) is 6. The summed E-state index contributed by atoms with van der Waals surface area (Å²) in [5.41, 5.74) is 7.67. The Kier molecular flexibility index (Phi) is 4.65. The summed E-state index contributed by atoms with van der Waals surface area (Å²) in [5.74, 6) is 0.751. The highest BCUT2D eigenvalue weighted by atomic mass is 16.5. The zero-order valence-corrected chi connectivity index (χ0v) is 15.0. The van der Waals surface area contributed by atoms with Crippen LogP contribution in [0.5, 0.6) is 0 Å². The van der Waals surface area contributed by atoms with Gasteiger partial charge < -0.3 is 20.5 Å². The number of carbonyl (C=O) groups excluding carboxylic acids is 1. The lowest BCUT2D eigenvalue weighted by atomic mass is 9.96. The summed E-state index contributed by atoms with van der Waals surface area (Å²) in [4.78, 5) is 18.3. The average Bonchev–Trinajstić information content (AvgIpc) is 3.23. The van der Waals surface area contributed by atoms with Gasteiger partial charge in [-0.1, -0.05) is 25.9 Å². The number of anilines is 2. The van der Waals surface area contributed by atoms with E-state index in [1.165, 1.54) is 12.8 Å². The summed E-state index contributed by atoms with van der Waals surface area (Å²) in [6.07, 6.45) is 2.35. The molecule has 1 saturated heterocycles. The van der Waals surface area contributed by atoms with Crippen molar-refractivity contribution < 1.29 is 9.32 Å². The van der Waals surface area contributed by atoms with E-state index in [0.717, 1.165) is 24.5 Å². The molecule has 0 radical (unpaired) electrons. The maximum absolute atomic E-state index is 11.5. The molecule has 1 aromatic heterocycles. The van der Waals surface area contributed by atoms with Crippen LogP contribution in [-0.4, -0.2) is 29.1 Å². The molecule has 3 N–H and O–H groups in total. The second-order valence-corrected chi connectivity index (χ2v) is 7.41. The molecule has 2 heterocycles. The lowest BCUT2D eigenvalue weighted by molar-refractivity contribution is 0.100. The van der Waals surface area contributed by atoms with Gasteiger partial charge in [0.25, 0.3) is 0 Å². The van der Waals surface area contributed by atoms with Crippen molar-refractivity contribution in [2.75, 3.05) is 23.3 Å². The predicted molar refractivity (Wildman–Crippen MR) is 96.7 cm³/mol. The van der Waals surface area contributed by atoms with Gasteiger partial charge in [0.15, 0.2) is 5.82 Å². The Balaban J connectivity index is 1.81. The van der Waals surface area contributed by atoms with Gasteiger partial charge in [0.1, 0.15) is 0 Å². The van der Waals surface area contributed by atoms with Crippen LogP contribution in [0.3, 0.4) is 0 Å². The third kappa shape index (κ3) is 3.92. The van der Waals surface area contributed by atoms with Crippen LogP contribution in [-0.2, 0) is 12.0 Å². The molecule has 0 spiro atoms. The predicted octanol–water partition coefficient (Wildman–Crippen LogP) is 2.68. The molecule has 3 rings (SSSR count). The maximum atomic E-state index is 11.5. The Hall–Kier alpha value is -2.57. The molecule has 0 unspecified atom stereocenters. The Bertz CT molecular complexity index is 757. The smallest absolute Gasteiger partial charge is 0.248 e. The molecular weight excluding hydrogens is 318 g/mol. The van der Waals surface area contributed by atoms with Gasteiger partial charge in [-0.2, -0.15) is 4.98 Å². The van der Waals surface area contributed by atoms with Gasteiger partial charge in [-0.05, 0) is 31.0 Å². The molecule has 1 aliphatic rings. The molecule has 0 bridgehead atoms. The van der Waals surface area contributed by atoms with E-state index in [-0.39, 0.29) is 5.41 Å². The van der Waals surface area contributed by atoms with Gasteiger partial charge in [-0.15, -0.1) is 0 Å². The number of primary amides is 1. The Morgan fingerprint density at radius 3 is 2.64 bits per heavy atom. The molecule has 0 aliphatic carbocycles. The lowest BCUT2D eigenvalue weighted by Gasteiger charge is -2.22. The van der Waals surface area contributed by atoms with E-state index in [0.29, 0.717) is 23.8 Å². The number of amides is 1. The molecule has 2 aromatic rings. The van der Waals surface area contributed by atoms with Crippen molar-refractivity contribution >= 4 is 17.3 Å². The van der Waals surface area contributed by atoms with Crippen molar-refractivity contribution in [3.8, 4) is 0 Å². The first kappa shape index (κ1) is 17.3. The summed E-state index contributed by atoms with van der Waals surface area (Å²) in [7, 11) is 0. The summed E-state index contributed by atoms with van der Waals surface area (Å²) in [6, 6.07) is 5.50. The van der Waals surface area contributed by atoms with Crippen LogP contribution in [0.15, 0.2) is 22.7 Å². The van der Waals surface area contributed by atoms with Crippen LogP contribution < -0.4 is 16.0 Å². The van der Waals surface area contributed by atoms with Gasteiger partial charge in [-0.3, -0.25) is 4.79 Å². The van der Waals surface area contributed by atoms with Crippen molar-refractivity contribution in [3.63, 3.8) is 0 Å². The minimum Gasteiger partial charge on any atom is -0.374 e. The number of carbonyl (C=O) groups is 1. The molecule has 1 amide bonds. The van der Waals surface area contributed by atoms with E-state index in [1.54, 1.807) is 12.1 Å². The molecule has 134 valence electrons. The molecule has 1 fully saturated rings. The normalized spacial score (nSPS) is 14.8. The molecule has 1 aromatic carbocycles. The van der Waals surface area contributed by atoms with E-state index < -0.39 is 5.91 Å². The number of benzene rings is 1. The van der Waals surface area contributed by atoms with Crippen LogP contribution in [0.1, 0.15) is 55.7 Å². The first-order chi connectivity index (χ1) is 11.8. The molecule has 0 saturated carbocycles. The van der Waals surface area contributed by atoms with Gasteiger partial charge >= 0.3 is 0 Å². The Morgan fingerprint density at radius 2 is 2.04 bits per heavy atom. The van der Waals surface area contributed by atoms with Crippen molar-refractivity contribution in [1.29, 1.82) is 0 Å². The topological polar surface area (TPSA) is 97.3 Å². The second-order valence-electron chi connectivity index (χ2n) is 7.41. The molecular formula is C18H25N5O2. The largest absolute Gasteiger partial charge is 0.374 e. The summed E-state index contributed by atoms with van der Waals surface area (Å²) in [6.45, 7) is 8.54. The van der Waals surface area contributed by atoms with E-state index in [1.807, 2.05) is 26.8 Å². The highest BCUT2D eigenvalue weighted by molar-refractivity contribution is 5.95. The first-order valence-electron chi connectivity index (χ1n) is 8.60. The van der Waals surface area contributed by atoms with E-state index >= 15 is 0 Å². The Labute approximate surface area is 147 Å².